The molecule has 5 nitrogen and oxygen atoms in total. The molecule has 0 spiro atoms. The van der Waals surface area contributed by atoms with Crippen LogP contribution in [0.2, 0.25) is 0 Å². The lowest BCUT2D eigenvalue weighted by Gasteiger charge is -2.19. The van der Waals surface area contributed by atoms with Crippen molar-refractivity contribution < 1.29 is 25.2 Å². The van der Waals surface area contributed by atoms with Crippen molar-refractivity contribution in [3.63, 3.8) is 0 Å². The number of carboxylic acid groups (broad SMARTS) is 1. The Kier molecular flexibility index (Phi) is 8.07. The first-order chi connectivity index (χ1) is 12.8. The van der Waals surface area contributed by atoms with Gasteiger partial charge in [-0.15, -0.1) is 0 Å². The Morgan fingerprint density at radius 3 is 2.52 bits per heavy atom. The van der Waals surface area contributed by atoms with Gasteiger partial charge >= 0.3 is 5.97 Å². The molecule has 0 amide bonds. The van der Waals surface area contributed by atoms with Gasteiger partial charge in [0.1, 0.15) is 0 Å². The van der Waals surface area contributed by atoms with Gasteiger partial charge in [-0.1, -0.05) is 50.5 Å². The van der Waals surface area contributed by atoms with E-state index in [2.05, 4.69) is 6.92 Å². The van der Waals surface area contributed by atoms with Gasteiger partial charge in [0.25, 0.3) is 0 Å². The van der Waals surface area contributed by atoms with Crippen molar-refractivity contribution in [3.05, 3.63) is 24.3 Å². The van der Waals surface area contributed by atoms with Gasteiger partial charge in [-0.05, 0) is 44.4 Å². The number of aliphatic hydroxyl groups excluding tert-OH is 3. The fourth-order valence-corrected chi connectivity index (χ4v) is 4.23. The maximum absolute atomic E-state index is 11.2. The summed E-state index contributed by atoms with van der Waals surface area (Å²) in [5.74, 6) is -0.756. The smallest absolute Gasteiger partial charge is 0.309 e. The van der Waals surface area contributed by atoms with Gasteiger partial charge in [0, 0.05) is 12.3 Å². The molecule has 0 bridgehead atoms. The molecule has 2 saturated carbocycles. The second kappa shape index (κ2) is 9.85. The summed E-state index contributed by atoms with van der Waals surface area (Å²) in [6.07, 6.45) is 12.4. The molecule has 7 atom stereocenters. The molecular formula is C22H36O5. The van der Waals surface area contributed by atoms with Gasteiger partial charge in [-0.2, -0.15) is 0 Å². The topological polar surface area (TPSA) is 98.0 Å². The van der Waals surface area contributed by atoms with E-state index in [0.717, 1.165) is 38.5 Å². The third kappa shape index (κ3) is 5.90. The highest BCUT2D eigenvalue weighted by atomic mass is 16.4. The van der Waals surface area contributed by atoms with Gasteiger partial charge in [-0.3, -0.25) is 4.79 Å². The molecule has 154 valence electrons. The lowest BCUT2D eigenvalue weighted by molar-refractivity contribution is -0.143. The molecule has 2 rings (SSSR count). The van der Waals surface area contributed by atoms with Crippen LogP contribution in [-0.2, 0) is 4.79 Å². The first-order valence-electron chi connectivity index (χ1n) is 10.4. The quantitative estimate of drug-likeness (QED) is 0.326. The summed E-state index contributed by atoms with van der Waals surface area (Å²) >= 11 is 0. The highest BCUT2D eigenvalue weighted by Crippen LogP contribution is 2.54. The molecule has 4 N–H and O–H groups in total. The van der Waals surface area contributed by atoms with Crippen LogP contribution in [0.5, 0.6) is 0 Å². The average Bonchev–Trinajstić information content (AvgIpc) is 3.20. The monoisotopic (exact) mass is 380 g/mol. The van der Waals surface area contributed by atoms with E-state index >= 15 is 0 Å². The average molecular weight is 381 g/mol. The Morgan fingerprint density at radius 2 is 1.89 bits per heavy atom. The van der Waals surface area contributed by atoms with E-state index in [0.29, 0.717) is 12.8 Å². The third-order valence-electron chi connectivity index (χ3n) is 6.47. The highest BCUT2D eigenvalue weighted by Gasteiger charge is 2.55. The van der Waals surface area contributed by atoms with E-state index in [-0.39, 0.29) is 17.8 Å². The molecule has 0 unspecified atom stereocenters. The Balaban J connectivity index is 1.82. The largest absolute Gasteiger partial charge is 0.481 e. The van der Waals surface area contributed by atoms with Crippen LogP contribution in [0.25, 0.3) is 0 Å². The van der Waals surface area contributed by atoms with Crippen LogP contribution in [-0.4, -0.2) is 44.7 Å². The van der Waals surface area contributed by atoms with Crippen LogP contribution < -0.4 is 0 Å². The lowest BCUT2D eigenvalue weighted by atomic mass is 9.89. The van der Waals surface area contributed by atoms with Gasteiger partial charge in [0.2, 0.25) is 0 Å². The molecule has 0 aliphatic heterocycles. The van der Waals surface area contributed by atoms with Crippen molar-refractivity contribution in [2.45, 2.75) is 83.5 Å². The van der Waals surface area contributed by atoms with E-state index in [9.17, 15) is 20.1 Å². The molecule has 5 heteroatoms. The van der Waals surface area contributed by atoms with E-state index in [1.165, 1.54) is 0 Å². The SMILES string of the molecule is CCCCC[C@H](O)C=C[C@@H]1[C@@H](CC=CC[C@@H]2C[C@@]2(C)C(=O)O)[C@@H](O)C[C@H]1O. The number of aliphatic carboxylic acids is 1. The van der Waals surface area contributed by atoms with Crippen molar-refractivity contribution >= 4 is 5.97 Å². The van der Waals surface area contributed by atoms with Crippen LogP contribution in [0.1, 0.15) is 65.2 Å². The Bertz CT molecular complexity index is 543. The van der Waals surface area contributed by atoms with Crippen molar-refractivity contribution in [1.29, 1.82) is 0 Å². The summed E-state index contributed by atoms with van der Waals surface area (Å²) in [7, 11) is 0. The second-order valence-electron chi connectivity index (χ2n) is 8.63. The molecule has 2 aliphatic carbocycles. The predicted molar refractivity (Wildman–Crippen MR) is 105 cm³/mol. The fraction of sp³-hybridized carbons (Fsp3) is 0.773. The fourth-order valence-electron chi connectivity index (χ4n) is 4.23. The number of hydrogen-bond acceptors (Lipinski definition) is 4. The standard InChI is InChI=1S/C22H36O5/c1-3-4-5-9-16(23)11-12-18-17(19(24)13-20(18)25)10-7-6-8-15-14-22(15,2)21(26)27/h6-7,11-12,15-20,23-25H,3-5,8-10,13-14H2,1-2H3,(H,26,27)/t15-,16+,17-,18-,19+,20-,22-/m1/s1. The third-order valence-corrected chi connectivity index (χ3v) is 6.47. The van der Waals surface area contributed by atoms with E-state index in [1.807, 2.05) is 18.2 Å². The lowest BCUT2D eigenvalue weighted by Crippen LogP contribution is -2.20. The maximum atomic E-state index is 11.2. The maximum Gasteiger partial charge on any atom is 0.309 e. The van der Waals surface area contributed by atoms with Crippen LogP contribution in [0.15, 0.2) is 24.3 Å². The van der Waals surface area contributed by atoms with Crippen molar-refractivity contribution in [2.24, 2.45) is 23.2 Å². The van der Waals surface area contributed by atoms with Crippen molar-refractivity contribution in [2.75, 3.05) is 0 Å². The van der Waals surface area contributed by atoms with Gasteiger partial charge in [-0.25, -0.2) is 0 Å². The van der Waals surface area contributed by atoms with Crippen LogP contribution in [0.4, 0.5) is 0 Å². The van der Waals surface area contributed by atoms with E-state index in [4.69, 9.17) is 5.11 Å². The van der Waals surface area contributed by atoms with Crippen LogP contribution >= 0.6 is 0 Å². The van der Waals surface area contributed by atoms with Gasteiger partial charge in [0.05, 0.1) is 23.7 Å². The molecule has 2 fully saturated rings. The van der Waals surface area contributed by atoms with Gasteiger partial charge < -0.3 is 20.4 Å². The van der Waals surface area contributed by atoms with Crippen molar-refractivity contribution in [3.8, 4) is 0 Å². The molecule has 27 heavy (non-hydrogen) atoms. The van der Waals surface area contributed by atoms with E-state index < -0.39 is 29.7 Å². The molecule has 0 radical (unpaired) electrons. The molecule has 0 heterocycles. The molecule has 2 aliphatic rings. The molecular weight excluding hydrogens is 344 g/mol. The summed E-state index contributed by atoms with van der Waals surface area (Å²) in [6, 6.07) is 0. The summed E-state index contributed by atoms with van der Waals surface area (Å²) in [6.45, 7) is 3.92. The predicted octanol–water partition coefficient (Wildman–Crippen LogP) is 3.29. The molecule has 0 aromatic carbocycles. The molecule has 0 aromatic rings. The zero-order valence-corrected chi connectivity index (χ0v) is 16.6. The molecule has 0 aromatic heterocycles. The normalized spacial score (nSPS) is 37.3. The zero-order chi connectivity index (χ0) is 20.0. The summed E-state index contributed by atoms with van der Waals surface area (Å²) in [5.41, 5.74) is -0.577. The number of allylic oxidation sites excluding steroid dienone is 2. The Labute approximate surface area is 162 Å². The zero-order valence-electron chi connectivity index (χ0n) is 16.6. The Morgan fingerprint density at radius 1 is 1.19 bits per heavy atom. The highest BCUT2D eigenvalue weighted by molar-refractivity contribution is 5.78. The first-order valence-corrected chi connectivity index (χ1v) is 10.4. The number of hydrogen-bond donors (Lipinski definition) is 4. The minimum Gasteiger partial charge on any atom is -0.481 e. The van der Waals surface area contributed by atoms with Gasteiger partial charge in [0.15, 0.2) is 0 Å². The van der Waals surface area contributed by atoms with Crippen LogP contribution in [0, 0.1) is 23.2 Å². The Hall–Kier alpha value is -1.17. The molecule has 0 saturated heterocycles. The first kappa shape index (κ1) is 22.1. The number of unbranched alkanes of at least 4 members (excludes halogenated alkanes) is 2. The minimum absolute atomic E-state index is 0.0691. The summed E-state index contributed by atoms with van der Waals surface area (Å²) in [4.78, 5) is 11.2. The number of carbonyl (C=O) groups is 1. The number of carboxylic acids is 1. The minimum atomic E-state index is -0.724. The summed E-state index contributed by atoms with van der Waals surface area (Å²) in [5, 5.41) is 39.8. The van der Waals surface area contributed by atoms with E-state index in [1.54, 1.807) is 13.0 Å². The summed E-state index contributed by atoms with van der Waals surface area (Å²) < 4.78 is 0. The van der Waals surface area contributed by atoms with Crippen LogP contribution in [0.3, 0.4) is 0 Å². The number of rotatable bonds is 11. The second-order valence-corrected chi connectivity index (χ2v) is 8.63. The number of aliphatic hydroxyl groups is 3. The van der Waals surface area contributed by atoms with Crippen molar-refractivity contribution in [1.82, 2.24) is 0 Å².